The Morgan fingerprint density at radius 3 is 1.93 bits per heavy atom. The number of halogens is 2. The van der Waals surface area contributed by atoms with E-state index in [2.05, 4.69) is 57.6 Å². The van der Waals surface area contributed by atoms with Gasteiger partial charge in [-0.25, -0.2) is 0 Å². The van der Waals surface area contributed by atoms with Gasteiger partial charge in [0, 0.05) is 4.47 Å². The molecule has 0 saturated carbocycles. The summed E-state index contributed by atoms with van der Waals surface area (Å²) in [5.74, 6) is 0.971. The number of ether oxygens (including phenoxy) is 1. The highest BCUT2D eigenvalue weighted by atomic mass is 79.9. The highest BCUT2D eigenvalue weighted by molar-refractivity contribution is 9.11. The topological polar surface area (TPSA) is 9.23 Å². The number of methoxy groups -OCH3 is 1. The van der Waals surface area contributed by atoms with Gasteiger partial charge in [-0.1, -0.05) is 35.6 Å². The van der Waals surface area contributed by atoms with Crippen molar-refractivity contribution in [3.63, 3.8) is 0 Å². The maximum Gasteiger partial charge on any atom is 0.133 e. The van der Waals surface area contributed by atoms with Crippen molar-refractivity contribution < 1.29 is 4.74 Å². The Morgan fingerprint density at radius 1 is 1.07 bits per heavy atom. The molecule has 78 valence electrons. The predicted molar refractivity (Wildman–Crippen MR) is 71.4 cm³/mol. The molecular formula is C10H14Br2OSi. The molecule has 0 aliphatic heterocycles. The summed E-state index contributed by atoms with van der Waals surface area (Å²) in [5, 5.41) is 1.33. The quantitative estimate of drug-likeness (QED) is 0.746. The van der Waals surface area contributed by atoms with E-state index in [1.54, 1.807) is 7.11 Å². The molecular weight excluding hydrogens is 324 g/mol. The summed E-state index contributed by atoms with van der Waals surface area (Å²) in [4.78, 5) is 0. The van der Waals surface area contributed by atoms with Crippen LogP contribution in [0.5, 0.6) is 5.75 Å². The van der Waals surface area contributed by atoms with Gasteiger partial charge in [0.05, 0.1) is 19.7 Å². The molecule has 0 N–H and O–H groups in total. The van der Waals surface area contributed by atoms with Crippen LogP contribution in [0.4, 0.5) is 0 Å². The Kier molecular flexibility index (Phi) is 3.83. The fourth-order valence-corrected chi connectivity index (χ4v) is 5.92. The molecule has 4 heteroatoms. The van der Waals surface area contributed by atoms with Gasteiger partial charge in [-0.2, -0.15) is 0 Å². The van der Waals surface area contributed by atoms with Crippen LogP contribution in [-0.2, 0) is 0 Å². The summed E-state index contributed by atoms with van der Waals surface area (Å²) < 4.78 is 7.62. The largest absolute Gasteiger partial charge is 0.496 e. The van der Waals surface area contributed by atoms with Crippen molar-refractivity contribution in [2.75, 3.05) is 7.11 Å². The molecule has 0 aromatic heterocycles. The van der Waals surface area contributed by atoms with Crippen molar-refractivity contribution in [3.05, 3.63) is 21.1 Å². The van der Waals surface area contributed by atoms with Crippen molar-refractivity contribution in [2.45, 2.75) is 19.6 Å². The third kappa shape index (κ3) is 2.41. The number of hydrogen-bond acceptors (Lipinski definition) is 1. The molecule has 0 radical (unpaired) electrons. The van der Waals surface area contributed by atoms with Gasteiger partial charge in [0.15, 0.2) is 0 Å². The van der Waals surface area contributed by atoms with Gasteiger partial charge >= 0.3 is 0 Å². The minimum absolute atomic E-state index is 0.971. The maximum absolute atomic E-state index is 5.44. The average molecular weight is 338 g/mol. The number of hydrogen-bond donors (Lipinski definition) is 0. The second-order valence-electron chi connectivity index (χ2n) is 4.19. The van der Waals surface area contributed by atoms with Crippen molar-refractivity contribution in [2.24, 2.45) is 0 Å². The first-order valence-corrected chi connectivity index (χ1v) is 9.49. The lowest BCUT2D eigenvalue weighted by atomic mass is 10.3. The van der Waals surface area contributed by atoms with Gasteiger partial charge in [0.2, 0.25) is 0 Å². The Morgan fingerprint density at radius 2 is 1.57 bits per heavy atom. The molecule has 0 aliphatic carbocycles. The van der Waals surface area contributed by atoms with Crippen molar-refractivity contribution in [3.8, 4) is 5.75 Å². The molecule has 1 aromatic carbocycles. The van der Waals surface area contributed by atoms with Crippen molar-refractivity contribution in [1.82, 2.24) is 0 Å². The standard InChI is InChI=1S/C10H14Br2OSi/c1-13-9-7(11)5-6-8(12)10(9)14(2,3)4/h5-6H,1-4H3. The van der Waals surface area contributed by atoms with Gasteiger partial charge in [-0.05, 0) is 33.2 Å². The predicted octanol–water partition coefficient (Wildman–Crippen LogP) is 3.77. The molecule has 0 aliphatic rings. The Labute approximate surface area is 103 Å². The molecule has 0 bridgehead atoms. The summed E-state index contributed by atoms with van der Waals surface area (Å²) in [7, 11) is 0.342. The third-order valence-electron chi connectivity index (χ3n) is 2.01. The van der Waals surface area contributed by atoms with E-state index in [9.17, 15) is 0 Å². The Balaban J connectivity index is 3.46. The fourth-order valence-electron chi connectivity index (χ4n) is 1.43. The molecule has 0 spiro atoms. The van der Waals surface area contributed by atoms with Crippen LogP contribution < -0.4 is 9.92 Å². The summed E-state index contributed by atoms with van der Waals surface area (Å²) in [6, 6.07) is 4.08. The minimum Gasteiger partial charge on any atom is -0.496 e. The second kappa shape index (κ2) is 4.37. The first kappa shape index (κ1) is 12.3. The molecule has 0 atom stereocenters. The van der Waals surface area contributed by atoms with E-state index in [-0.39, 0.29) is 0 Å². The lowest BCUT2D eigenvalue weighted by molar-refractivity contribution is 0.415. The van der Waals surface area contributed by atoms with E-state index in [1.165, 1.54) is 5.19 Å². The van der Waals surface area contributed by atoms with Crippen molar-refractivity contribution >= 4 is 45.1 Å². The first-order chi connectivity index (χ1) is 6.38. The van der Waals surface area contributed by atoms with Crippen LogP contribution in [0.15, 0.2) is 21.1 Å². The smallest absolute Gasteiger partial charge is 0.133 e. The maximum atomic E-state index is 5.44. The summed E-state index contributed by atoms with van der Waals surface area (Å²) in [6.45, 7) is 6.92. The molecule has 1 aromatic rings. The van der Waals surface area contributed by atoms with Gasteiger partial charge < -0.3 is 4.74 Å². The molecule has 0 amide bonds. The molecule has 0 saturated heterocycles. The minimum atomic E-state index is -1.38. The molecule has 14 heavy (non-hydrogen) atoms. The van der Waals surface area contributed by atoms with Crippen LogP contribution in [0.25, 0.3) is 0 Å². The SMILES string of the molecule is COc1c(Br)ccc(Br)c1[Si](C)(C)C. The third-order valence-corrected chi connectivity index (χ3v) is 5.66. The van der Waals surface area contributed by atoms with E-state index < -0.39 is 8.07 Å². The molecule has 0 fully saturated rings. The van der Waals surface area contributed by atoms with Crippen LogP contribution in [0.3, 0.4) is 0 Å². The van der Waals surface area contributed by atoms with Gasteiger partial charge in [-0.3, -0.25) is 0 Å². The van der Waals surface area contributed by atoms with Crippen LogP contribution in [0.2, 0.25) is 19.6 Å². The van der Waals surface area contributed by atoms with Crippen LogP contribution in [-0.4, -0.2) is 15.2 Å². The summed E-state index contributed by atoms with van der Waals surface area (Å²) >= 11 is 7.10. The van der Waals surface area contributed by atoms with E-state index in [0.717, 1.165) is 14.7 Å². The number of benzene rings is 1. The van der Waals surface area contributed by atoms with Gasteiger partial charge in [0.1, 0.15) is 5.75 Å². The highest BCUT2D eigenvalue weighted by Crippen LogP contribution is 2.29. The highest BCUT2D eigenvalue weighted by Gasteiger charge is 2.25. The lowest BCUT2D eigenvalue weighted by Crippen LogP contribution is -2.39. The molecule has 1 rings (SSSR count). The van der Waals surface area contributed by atoms with E-state index >= 15 is 0 Å². The van der Waals surface area contributed by atoms with Crippen LogP contribution in [0, 0.1) is 0 Å². The molecule has 0 unspecified atom stereocenters. The fraction of sp³-hybridized carbons (Fsp3) is 0.400. The molecule has 1 nitrogen and oxygen atoms in total. The van der Waals surface area contributed by atoms with Crippen molar-refractivity contribution in [1.29, 1.82) is 0 Å². The normalized spacial score (nSPS) is 11.6. The molecule has 0 heterocycles. The van der Waals surface area contributed by atoms with Crippen LogP contribution in [0.1, 0.15) is 0 Å². The van der Waals surface area contributed by atoms with E-state index in [1.807, 2.05) is 6.07 Å². The zero-order chi connectivity index (χ0) is 10.9. The average Bonchev–Trinajstić information content (AvgIpc) is 2.06. The van der Waals surface area contributed by atoms with E-state index in [0.29, 0.717) is 0 Å². The Hall–Kier alpha value is 0.197. The van der Waals surface area contributed by atoms with Gasteiger partial charge in [-0.15, -0.1) is 0 Å². The first-order valence-electron chi connectivity index (χ1n) is 4.40. The zero-order valence-electron chi connectivity index (χ0n) is 8.82. The number of rotatable bonds is 2. The second-order valence-corrected chi connectivity index (χ2v) is 10.9. The monoisotopic (exact) mass is 336 g/mol. The lowest BCUT2D eigenvalue weighted by Gasteiger charge is -2.22. The Bertz CT molecular complexity index is 345. The summed E-state index contributed by atoms with van der Waals surface area (Å²) in [5.41, 5.74) is 0. The zero-order valence-corrected chi connectivity index (χ0v) is 13.0. The summed E-state index contributed by atoms with van der Waals surface area (Å²) in [6.07, 6.45) is 0. The van der Waals surface area contributed by atoms with Gasteiger partial charge in [0.25, 0.3) is 0 Å². The van der Waals surface area contributed by atoms with Crippen LogP contribution >= 0.6 is 31.9 Å². The van der Waals surface area contributed by atoms with E-state index in [4.69, 9.17) is 4.74 Å².